The quantitative estimate of drug-likeness (QED) is 0.584. The molecule has 0 atom stereocenters. The summed E-state index contributed by atoms with van der Waals surface area (Å²) in [6.45, 7) is 4.25. The van der Waals surface area contributed by atoms with Crippen LogP contribution >= 0.6 is 0 Å². The predicted octanol–water partition coefficient (Wildman–Crippen LogP) is 3.96. The smallest absolute Gasteiger partial charge is 0.0313 e. The van der Waals surface area contributed by atoms with Crippen LogP contribution in [-0.4, -0.2) is 0 Å². The molecule has 0 unspecified atom stereocenters. The lowest BCUT2D eigenvalue weighted by Crippen LogP contribution is -1.79. The lowest BCUT2D eigenvalue weighted by Gasteiger charge is -1.83. The number of nitrogen functional groups attached to an aromatic ring is 1. The summed E-state index contributed by atoms with van der Waals surface area (Å²) >= 11 is 0. The van der Waals surface area contributed by atoms with Crippen molar-refractivity contribution < 1.29 is 0 Å². The van der Waals surface area contributed by atoms with E-state index in [4.69, 9.17) is 5.73 Å². The molecular formula is C11H23N. The van der Waals surface area contributed by atoms with Crippen molar-refractivity contribution in [2.24, 2.45) is 0 Å². The zero-order valence-electron chi connectivity index (χ0n) is 6.67. The van der Waals surface area contributed by atoms with Gasteiger partial charge in [-0.25, -0.2) is 0 Å². The van der Waals surface area contributed by atoms with E-state index in [1.807, 2.05) is 30.3 Å². The highest BCUT2D eigenvalue weighted by Gasteiger charge is 1.72. The Morgan fingerprint density at radius 3 is 1.50 bits per heavy atom. The van der Waals surface area contributed by atoms with Gasteiger partial charge in [0.15, 0.2) is 0 Å². The topological polar surface area (TPSA) is 26.0 Å². The summed E-state index contributed by atoms with van der Waals surface area (Å²) in [4.78, 5) is 0. The maximum atomic E-state index is 5.36. The number of rotatable bonds is 0. The van der Waals surface area contributed by atoms with Gasteiger partial charge in [-0.2, -0.15) is 0 Å². The summed E-state index contributed by atoms with van der Waals surface area (Å²) in [6, 6.07) is 9.49. The van der Waals surface area contributed by atoms with Crippen molar-refractivity contribution in [2.45, 2.75) is 35.1 Å². The zero-order chi connectivity index (χ0) is 7.82. The Labute approximate surface area is 77.6 Å². The van der Waals surface area contributed by atoms with Crippen LogP contribution in [0.15, 0.2) is 30.3 Å². The van der Waals surface area contributed by atoms with E-state index >= 15 is 0 Å². The number of benzene rings is 1. The molecule has 72 valence electrons. The fourth-order valence-electron chi connectivity index (χ4n) is 0.453. The van der Waals surface area contributed by atoms with Crippen LogP contribution in [0.5, 0.6) is 0 Å². The molecule has 0 saturated carbocycles. The summed E-state index contributed by atoms with van der Waals surface area (Å²) in [5, 5.41) is 0. The first-order valence-corrected chi connectivity index (χ1v) is 3.61. The molecule has 0 bridgehead atoms. The lowest BCUT2D eigenvalue weighted by atomic mass is 10.3. The van der Waals surface area contributed by atoms with Crippen molar-refractivity contribution in [1.29, 1.82) is 0 Å². The molecule has 12 heavy (non-hydrogen) atoms. The van der Waals surface area contributed by atoms with Crippen LogP contribution in [0, 0.1) is 0 Å². The molecule has 1 nitrogen and oxygen atoms in total. The van der Waals surface area contributed by atoms with Crippen LogP contribution in [0.25, 0.3) is 0 Å². The third kappa shape index (κ3) is 11.8. The zero-order valence-corrected chi connectivity index (χ0v) is 6.67. The van der Waals surface area contributed by atoms with Crippen molar-refractivity contribution in [3.8, 4) is 0 Å². The molecule has 1 rings (SSSR count). The third-order valence-corrected chi connectivity index (χ3v) is 0.800. The molecule has 0 amide bonds. The highest BCUT2D eigenvalue weighted by Crippen LogP contribution is 1.95. The molecule has 0 aliphatic heterocycles. The maximum Gasteiger partial charge on any atom is 0.0313 e. The third-order valence-electron chi connectivity index (χ3n) is 0.800. The van der Waals surface area contributed by atoms with Crippen molar-refractivity contribution in [3.05, 3.63) is 30.3 Å². The molecule has 1 heteroatoms. The highest BCUT2D eigenvalue weighted by atomic mass is 14.5. The van der Waals surface area contributed by atoms with Crippen LogP contribution < -0.4 is 5.73 Å². The van der Waals surface area contributed by atoms with Gasteiger partial charge in [-0.1, -0.05) is 53.3 Å². The van der Waals surface area contributed by atoms with Gasteiger partial charge in [0.05, 0.1) is 0 Å². The Hall–Kier alpha value is -0.980. The number of para-hydroxylation sites is 1. The summed E-state index contributed by atoms with van der Waals surface area (Å²) in [5.74, 6) is 0. The van der Waals surface area contributed by atoms with E-state index < -0.39 is 0 Å². The number of hydrogen-bond acceptors (Lipinski definition) is 1. The highest BCUT2D eigenvalue weighted by molar-refractivity contribution is 5.35. The molecule has 0 fully saturated rings. The lowest BCUT2D eigenvalue weighted by molar-refractivity contribution is 1.09. The number of hydrogen-bond donors (Lipinski definition) is 1. The Morgan fingerprint density at radius 2 is 1.33 bits per heavy atom. The van der Waals surface area contributed by atoms with E-state index in [1.165, 1.54) is 6.42 Å². The molecule has 1 aromatic rings. The first kappa shape index (κ1) is 17.2. The van der Waals surface area contributed by atoms with Gasteiger partial charge >= 0.3 is 0 Å². The van der Waals surface area contributed by atoms with Crippen LogP contribution in [0.2, 0.25) is 0 Å². The van der Waals surface area contributed by atoms with E-state index in [0.717, 1.165) is 5.69 Å². The summed E-state index contributed by atoms with van der Waals surface area (Å²) in [5.41, 5.74) is 6.18. The number of anilines is 1. The van der Waals surface area contributed by atoms with Crippen LogP contribution in [0.4, 0.5) is 5.69 Å². The Morgan fingerprint density at radius 1 is 1.00 bits per heavy atom. The molecule has 0 saturated heterocycles. The molecule has 0 radical (unpaired) electrons. The van der Waals surface area contributed by atoms with Gasteiger partial charge in [0.25, 0.3) is 0 Å². The predicted molar refractivity (Wildman–Crippen MR) is 60.3 cm³/mol. The van der Waals surface area contributed by atoms with Crippen molar-refractivity contribution >= 4 is 5.69 Å². The molecule has 0 aliphatic carbocycles. The second kappa shape index (κ2) is 12.7. The van der Waals surface area contributed by atoms with Gasteiger partial charge in [-0.05, 0) is 12.1 Å². The molecule has 0 spiro atoms. The molecule has 1 aromatic carbocycles. The van der Waals surface area contributed by atoms with Gasteiger partial charge in [-0.15, -0.1) is 0 Å². The van der Waals surface area contributed by atoms with Crippen LogP contribution in [0.3, 0.4) is 0 Å². The minimum atomic E-state index is 0. The monoisotopic (exact) mass is 169 g/mol. The van der Waals surface area contributed by atoms with E-state index in [2.05, 4.69) is 13.8 Å². The van der Waals surface area contributed by atoms with E-state index in [-0.39, 0.29) is 14.9 Å². The fourth-order valence-corrected chi connectivity index (χ4v) is 0.453. The summed E-state index contributed by atoms with van der Waals surface area (Å²) < 4.78 is 0. The second-order valence-electron chi connectivity index (χ2n) is 2.12. The molecule has 0 heterocycles. The van der Waals surface area contributed by atoms with Gasteiger partial charge in [-0.3, -0.25) is 0 Å². The first-order valence-electron chi connectivity index (χ1n) is 3.61. The van der Waals surface area contributed by atoms with Gasteiger partial charge in [0.1, 0.15) is 0 Å². The Kier molecular flexibility index (Phi) is 18.2. The number of nitrogens with two attached hydrogens (primary N) is 1. The minimum Gasteiger partial charge on any atom is -0.399 e. The van der Waals surface area contributed by atoms with E-state index in [1.54, 1.807) is 0 Å². The summed E-state index contributed by atoms with van der Waals surface area (Å²) in [6.07, 6.45) is 1.25. The van der Waals surface area contributed by atoms with Crippen molar-refractivity contribution in [3.63, 3.8) is 0 Å². The molecule has 2 N–H and O–H groups in total. The van der Waals surface area contributed by atoms with E-state index in [9.17, 15) is 0 Å². The summed E-state index contributed by atoms with van der Waals surface area (Å²) in [7, 11) is 0. The normalized spacial score (nSPS) is 6.50. The molecular weight excluding hydrogens is 146 g/mol. The van der Waals surface area contributed by atoms with Gasteiger partial charge in [0.2, 0.25) is 0 Å². The van der Waals surface area contributed by atoms with Crippen LogP contribution in [0.1, 0.15) is 35.1 Å². The van der Waals surface area contributed by atoms with Gasteiger partial charge < -0.3 is 5.73 Å². The van der Waals surface area contributed by atoms with Crippen LogP contribution in [-0.2, 0) is 0 Å². The Bertz CT molecular complexity index is 146. The second-order valence-corrected chi connectivity index (χ2v) is 2.12. The average Bonchev–Trinajstić information content (AvgIpc) is 1.91. The first-order chi connectivity index (χ1) is 4.81. The van der Waals surface area contributed by atoms with Gasteiger partial charge in [0, 0.05) is 5.69 Å². The van der Waals surface area contributed by atoms with Crippen molar-refractivity contribution in [2.75, 3.05) is 5.73 Å². The molecule has 0 aliphatic rings. The fraction of sp³-hybridized carbons (Fsp3) is 0.455. The Balaban J connectivity index is -0.000000146. The maximum absolute atomic E-state index is 5.36. The molecule has 0 aromatic heterocycles. The largest absolute Gasteiger partial charge is 0.399 e. The van der Waals surface area contributed by atoms with Crippen molar-refractivity contribution in [1.82, 2.24) is 0 Å². The van der Waals surface area contributed by atoms with E-state index in [0.29, 0.717) is 0 Å². The standard InChI is InChI=1S/C6H7N.C3H8.2CH4/c7-6-4-2-1-3-5-6;1-3-2;;/h1-5H,7H2;3H2,1-2H3;2*1H4. The SMILES string of the molecule is C.C.CCC.Nc1ccccc1. The minimum absolute atomic E-state index is 0. The average molecular weight is 169 g/mol.